The number of methoxy groups -OCH3 is 2. The maximum absolute atomic E-state index is 6.13. The molecule has 0 bridgehead atoms. The Bertz CT molecular complexity index is 882. The Kier molecular flexibility index (Phi) is 7.83. The van der Waals surface area contributed by atoms with Gasteiger partial charge in [0.05, 0.1) is 14.2 Å². The molecule has 0 aliphatic heterocycles. The van der Waals surface area contributed by atoms with E-state index in [1.807, 2.05) is 14.2 Å². The lowest BCUT2D eigenvalue weighted by atomic mass is 9.93. The molecule has 0 aromatic heterocycles. The van der Waals surface area contributed by atoms with Crippen molar-refractivity contribution >= 4 is 13.2 Å². The summed E-state index contributed by atoms with van der Waals surface area (Å²) >= 11 is 0. The van der Waals surface area contributed by atoms with Crippen LogP contribution < -0.4 is 14.8 Å². The Balaban J connectivity index is 1.98. The fourth-order valence-corrected chi connectivity index (χ4v) is 10.4. The van der Waals surface area contributed by atoms with Gasteiger partial charge in [0, 0.05) is 10.9 Å². The van der Waals surface area contributed by atoms with E-state index in [0.29, 0.717) is 0 Å². The second-order valence-electron chi connectivity index (χ2n) is 9.96. The van der Waals surface area contributed by atoms with Crippen molar-refractivity contribution in [2.45, 2.75) is 96.3 Å². The molecule has 0 spiro atoms. The second-order valence-corrected chi connectivity index (χ2v) is 12.7. The number of hydrogen-bond acceptors (Lipinski definition) is 2. The lowest BCUT2D eigenvalue weighted by Gasteiger charge is -2.40. The van der Waals surface area contributed by atoms with Crippen LogP contribution in [0.3, 0.4) is 0 Å². The topological polar surface area (TPSA) is 18.5 Å². The highest BCUT2D eigenvalue weighted by atomic mass is 31.1. The third kappa shape index (κ3) is 4.72. The average molecular weight is 453 g/mol. The van der Waals surface area contributed by atoms with Gasteiger partial charge >= 0.3 is 0 Å². The van der Waals surface area contributed by atoms with Crippen LogP contribution in [-0.4, -0.2) is 25.5 Å². The summed E-state index contributed by atoms with van der Waals surface area (Å²) in [4.78, 5) is 0. The van der Waals surface area contributed by atoms with E-state index < -0.39 is 0 Å². The number of benzene rings is 2. The van der Waals surface area contributed by atoms with Crippen LogP contribution in [0.4, 0.5) is 0 Å². The minimum Gasteiger partial charge on any atom is -0.496 e. The first kappa shape index (κ1) is 23.6. The van der Waals surface area contributed by atoms with Crippen molar-refractivity contribution in [3.05, 3.63) is 41.0 Å². The summed E-state index contributed by atoms with van der Waals surface area (Å²) in [6.45, 7) is 6.73. The number of hydrogen-bond donors (Lipinski definition) is 0. The SMILES string of the molecule is COc1ccc(OC)c(P(C2CCCCC2)C2CCCCC2)c1-c1c(C)cc(C)cc1C. The van der Waals surface area contributed by atoms with E-state index in [2.05, 4.69) is 45.0 Å². The van der Waals surface area contributed by atoms with Crippen LogP contribution in [0, 0.1) is 20.8 Å². The van der Waals surface area contributed by atoms with Crippen molar-refractivity contribution in [2.24, 2.45) is 0 Å². The van der Waals surface area contributed by atoms with Gasteiger partial charge in [-0.1, -0.05) is 64.1 Å². The van der Waals surface area contributed by atoms with Gasteiger partial charge in [-0.15, -0.1) is 0 Å². The molecule has 2 nitrogen and oxygen atoms in total. The highest BCUT2D eigenvalue weighted by Crippen LogP contribution is 2.59. The summed E-state index contributed by atoms with van der Waals surface area (Å²) in [5, 5.41) is 1.50. The zero-order valence-electron chi connectivity index (χ0n) is 20.8. The molecule has 0 N–H and O–H groups in total. The summed E-state index contributed by atoms with van der Waals surface area (Å²) in [7, 11) is 3.37. The molecule has 0 atom stereocenters. The molecule has 2 aromatic carbocycles. The maximum atomic E-state index is 6.13. The average Bonchev–Trinajstić information content (AvgIpc) is 2.80. The van der Waals surface area contributed by atoms with Gasteiger partial charge < -0.3 is 9.47 Å². The van der Waals surface area contributed by atoms with Crippen LogP contribution in [0.5, 0.6) is 11.5 Å². The lowest BCUT2D eigenvalue weighted by Crippen LogP contribution is -2.28. The Hall–Kier alpha value is -1.53. The Morgan fingerprint density at radius 1 is 0.656 bits per heavy atom. The molecule has 32 heavy (non-hydrogen) atoms. The van der Waals surface area contributed by atoms with Crippen LogP contribution in [-0.2, 0) is 0 Å². The number of rotatable bonds is 6. The van der Waals surface area contributed by atoms with Crippen LogP contribution in [0.2, 0.25) is 0 Å². The van der Waals surface area contributed by atoms with Crippen LogP contribution >= 0.6 is 7.92 Å². The van der Waals surface area contributed by atoms with E-state index in [1.165, 1.54) is 97.3 Å². The van der Waals surface area contributed by atoms with E-state index in [9.17, 15) is 0 Å². The molecule has 2 fully saturated rings. The molecule has 2 saturated carbocycles. The van der Waals surface area contributed by atoms with E-state index in [0.717, 1.165) is 22.8 Å². The van der Waals surface area contributed by atoms with E-state index in [4.69, 9.17) is 9.47 Å². The molecular weight excluding hydrogens is 411 g/mol. The summed E-state index contributed by atoms with van der Waals surface area (Å²) in [5.41, 5.74) is 8.33. The molecule has 0 heterocycles. The van der Waals surface area contributed by atoms with E-state index in [1.54, 1.807) is 0 Å². The maximum Gasteiger partial charge on any atom is 0.127 e. The van der Waals surface area contributed by atoms with Crippen LogP contribution in [0.1, 0.15) is 80.9 Å². The summed E-state index contributed by atoms with van der Waals surface area (Å²) < 4.78 is 12.2. The standard InChI is InChI=1S/C29H41O2P/c1-20-18-21(2)27(22(3)19-20)28-25(30-4)16-17-26(31-5)29(28)32(23-12-8-6-9-13-23)24-14-10-7-11-15-24/h16-19,23-24H,6-15H2,1-5H3. The predicted molar refractivity (Wildman–Crippen MR) is 139 cm³/mol. The zero-order chi connectivity index (χ0) is 22.7. The molecule has 2 aromatic rings. The summed E-state index contributed by atoms with van der Waals surface area (Å²) in [6.07, 6.45) is 13.9. The Morgan fingerprint density at radius 3 is 1.59 bits per heavy atom. The predicted octanol–water partition coefficient (Wildman–Crippen LogP) is 8.07. The van der Waals surface area contributed by atoms with E-state index >= 15 is 0 Å². The third-order valence-electron chi connectivity index (χ3n) is 7.66. The summed E-state index contributed by atoms with van der Waals surface area (Å²) in [6, 6.07) is 8.96. The second kappa shape index (κ2) is 10.6. The van der Waals surface area contributed by atoms with Gasteiger partial charge in [0.15, 0.2) is 0 Å². The molecule has 2 aliphatic carbocycles. The minimum absolute atomic E-state index is 0.322. The van der Waals surface area contributed by atoms with Crippen molar-refractivity contribution in [1.29, 1.82) is 0 Å². The molecule has 2 aliphatic rings. The van der Waals surface area contributed by atoms with Crippen LogP contribution in [0.25, 0.3) is 11.1 Å². The molecule has 0 radical (unpaired) electrons. The number of aryl methyl sites for hydroxylation is 3. The van der Waals surface area contributed by atoms with Gasteiger partial charge in [-0.2, -0.15) is 0 Å². The quantitative estimate of drug-likeness (QED) is 0.413. The van der Waals surface area contributed by atoms with Gasteiger partial charge in [-0.3, -0.25) is 0 Å². The van der Waals surface area contributed by atoms with Crippen molar-refractivity contribution in [1.82, 2.24) is 0 Å². The molecule has 0 amide bonds. The Morgan fingerprint density at radius 2 is 1.12 bits per heavy atom. The van der Waals surface area contributed by atoms with Gasteiger partial charge in [0.2, 0.25) is 0 Å². The van der Waals surface area contributed by atoms with Gasteiger partial charge in [0.25, 0.3) is 0 Å². The highest BCUT2D eigenvalue weighted by molar-refractivity contribution is 7.67. The van der Waals surface area contributed by atoms with Crippen molar-refractivity contribution in [2.75, 3.05) is 14.2 Å². The van der Waals surface area contributed by atoms with Crippen LogP contribution in [0.15, 0.2) is 24.3 Å². The van der Waals surface area contributed by atoms with Crippen molar-refractivity contribution in [3.8, 4) is 22.6 Å². The largest absolute Gasteiger partial charge is 0.496 e. The third-order valence-corrected chi connectivity index (χ3v) is 11.2. The minimum atomic E-state index is -0.322. The van der Waals surface area contributed by atoms with Gasteiger partial charge in [0.1, 0.15) is 11.5 Å². The Labute approximate surface area is 196 Å². The fourth-order valence-electron chi connectivity index (χ4n) is 6.34. The molecule has 0 unspecified atom stereocenters. The van der Waals surface area contributed by atoms with Gasteiger partial charge in [-0.25, -0.2) is 0 Å². The first-order valence-corrected chi connectivity index (χ1v) is 14.1. The summed E-state index contributed by atoms with van der Waals surface area (Å²) in [5.74, 6) is 2.09. The van der Waals surface area contributed by atoms with Crippen molar-refractivity contribution in [3.63, 3.8) is 0 Å². The molecular formula is C29H41O2P. The number of ether oxygens (including phenoxy) is 2. The molecule has 4 rings (SSSR count). The molecule has 174 valence electrons. The zero-order valence-corrected chi connectivity index (χ0v) is 21.7. The van der Waals surface area contributed by atoms with Crippen molar-refractivity contribution < 1.29 is 9.47 Å². The first-order chi connectivity index (χ1) is 15.5. The van der Waals surface area contributed by atoms with E-state index in [-0.39, 0.29) is 7.92 Å². The molecule has 3 heteroatoms. The highest BCUT2D eigenvalue weighted by Gasteiger charge is 2.37. The smallest absolute Gasteiger partial charge is 0.127 e. The first-order valence-electron chi connectivity index (χ1n) is 12.7. The monoisotopic (exact) mass is 452 g/mol. The molecule has 0 saturated heterocycles. The lowest BCUT2D eigenvalue weighted by molar-refractivity contribution is 0.407. The van der Waals surface area contributed by atoms with Gasteiger partial charge in [-0.05, 0) is 86.6 Å². The fraction of sp³-hybridized carbons (Fsp3) is 0.586. The normalized spacial score (nSPS) is 18.2.